The Morgan fingerprint density at radius 2 is 1.68 bits per heavy atom. The molecule has 152 valence electrons. The van der Waals surface area contributed by atoms with E-state index in [1.165, 1.54) is 6.08 Å². The molecule has 6 heteroatoms. The average molecular weight is 412 g/mol. The van der Waals surface area contributed by atoms with Crippen molar-refractivity contribution in [1.82, 2.24) is 0 Å². The van der Waals surface area contributed by atoms with Gasteiger partial charge in [0.15, 0.2) is 17.3 Å². The predicted molar refractivity (Wildman–Crippen MR) is 114 cm³/mol. The number of rotatable bonds is 5. The van der Waals surface area contributed by atoms with Gasteiger partial charge in [0, 0.05) is 10.9 Å². The van der Waals surface area contributed by atoms with Crippen LogP contribution in [-0.2, 0) is 0 Å². The van der Waals surface area contributed by atoms with Gasteiger partial charge in [0.05, 0.1) is 5.56 Å². The van der Waals surface area contributed by atoms with Crippen LogP contribution < -0.4 is 14.2 Å². The van der Waals surface area contributed by atoms with Crippen molar-refractivity contribution in [2.24, 2.45) is 0 Å². The zero-order valence-electron chi connectivity index (χ0n) is 16.2. The van der Waals surface area contributed by atoms with E-state index in [9.17, 15) is 9.59 Å². The van der Waals surface area contributed by atoms with Crippen molar-refractivity contribution in [3.63, 3.8) is 0 Å². The normalized spacial score (nSPS) is 12.4. The van der Waals surface area contributed by atoms with Gasteiger partial charge in [0.2, 0.25) is 12.6 Å². The second-order valence-corrected chi connectivity index (χ2v) is 6.84. The number of para-hydroxylation sites is 2. The first-order chi connectivity index (χ1) is 15.2. The topological polar surface area (TPSA) is 75.0 Å². The van der Waals surface area contributed by atoms with E-state index in [-0.39, 0.29) is 18.3 Å². The minimum absolute atomic E-state index is 0.126. The van der Waals surface area contributed by atoms with Crippen LogP contribution in [0.2, 0.25) is 0 Å². The molecule has 0 fully saturated rings. The summed E-state index contributed by atoms with van der Waals surface area (Å²) in [5.74, 6) is 0.838. The van der Waals surface area contributed by atoms with E-state index in [1.807, 2.05) is 18.2 Å². The van der Waals surface area contributed by atoms with Crippen molar-refractivity contribution in [3.05, 3.63) is 95.8 Å². The van der Waals surface area contributed by atoms with Crippen LogP contribution in [0.3, 0.4) is 0 Å². The summed E-state index contributed by atoms with van der Waals surface area (Å²) in [7, 11) is 0. The molecule has 0 atom stereocenters. The van der Waals surface area contributed by atoms with Crippen molar-refractivity contribution < 1.29 is 28.2 Å². The highest BCUT2D eigenvalue weighted by Crippen LogP contribution is 2.33. The molecule has 0 bridgehead atoms. The molecule has 31 heavy (non-hydrogen) atoms. The number of hydrogen-bond acceptors (Lipinski definition) is 6. The lowest BCUT2D eigenvalue weighted by Crippen LogP contribution is -2.09. The quantitative estimate of drug-likeness (QED) is 0.192. The number of benzene rings is 3. The van der Waals surface area contributed by atoms with Crippen LogP contribution >= 0.6 is 0 Å². The monoisotopic (exact) mass is 412 g/mol. The molecule has 0 N–H and O–H groups in total. The van der Waals surface area contributed by atoms with Gasteiger partial charge >= 0.3 is 5.97 Å². The number of ketones is 1. The van der Waals surface area contributed by atoms with Gasteiger partial charge in [0.1, 0.15) is 11.3 Å². The van der Waals surface area contributed by atoms with Gasteiger partial charge in [-0.1, -0.05) is 36.4 Å². The Morgan fingerprint density at radius 1 is 0.871 bits per heavy atom. The molecule has 1 aliphatic rings. The van der Waals surface area contributed by atoms with Crippen LogP contribution in [0.4, 0.5) is 0 Å². The average Bonchev–Trinajstić information content (AvgIpc) is 3.44. The van der Waals surface area contributed by atoms with Gasteiger partial charge in [0.25, 0.3) is 0 Å². The zero-order chi connectivity index (χ0) is 21.2. The summed E-state index contributed by atoms with van der Waals surface area (Å²) in [6.07, 6.45) is 2.99. The smallest absolute Gasteiger partial charge is 0.343 e. The number of ether oxygens (including phenoxy) is 3. The predicted octanol–water partition coefficient (Wildman–Crippen LogP) is 5.28. The number of esters is 1. The molecule has 1 aromatic heterocycles. The van der Waals surface area contributed by atoms with E-state index < -0.39 is 5.97 Å². The third-order valence-electron chi connectivity index (χ3n) is 4.81. The first-order valence-corrected chi connectivity index (χ1v) is 9.59. The lowest BCUT2D eigenvalue weighted by Gasteiger charge is -2.08. The summed E-state index contributed by atoms with van der Waals surface area (Å²) in [5.41, 5.74) is 1.57. The Hall–Kier alpha value is -4.32. The highest BCUT2D eigenvalue weighted by molar-refractivity contribution is 6.07. The standard InChI is InChI=1S/C25H16O6/c26-19(23-13-17-6-2-4-8-21(17)30-23)11-9-16-5-1-3-7-20(16)31-25(27)18-10-12-22-24(14-18)29-15-28-22/h1-14H,15H2/b11-9-. The fraction of sp³-hybridized carbons (Fsp3) is 0.0400. The van der Waals surface area contributed by atoms with Crippen molar-refractivity contribution in [2.75, 3.05) is 6.79 Å². The van der Waals surface area contributed by atoms with Gasteiger partial charge in [-0.3, -0.25) is 4.79 Å². The van der Waals surface area contributed by atoms with Gasteiger partial charge in [-0.2, -0.15) is 0 Å². The Bertz CT molecular complexity index is 1300. The second-order valence-electron chi connectivity index (χ2n) is 6.84. The van der Waals surface area contributed by atoms with E-state index in [1.54, 1.807) is 60.7 Å². The van der Waals surface area contributed by atoms with Gasteiger partial charge < -0.3 is 18.6 Å². The van der Waals surface area contributed by atoms with Crippen molar-refractivity contribution in [2.45, 2.75) is 0 Å². The van der Waals surface area contributed by atoms with Crippen LogP contribution in [0.1, 0.15) is 26.5 Å². The molecule has 0 amide bonds. The maximum Gasteiger partial charge on any atom is 0.343 e. The number of furan rings is 1. The van der Waals surface area contributed by atoms with Crippen molar-refractivity contribution in [3.8, 4) is 17.2 Å². The SMILES string of the molecule is O=C(Oc1ccccc1/C=C\C(=O)c1cc2ccccc2o1)c1ccc2c(c1)OCO2. The summed E-state index contributed by atoms with van der Waals surface area (Å²) < 4.78 is 21.7. The number of hydrogen-bond donors (Lipinski definition) is 0. The van der Waals surface area contributed by atoms with Crippen LogP contribution in [0, 0.1) is 0 Å². The number of carbonyl (C=O) groups is 2. The summed E-state index contributed by atoms with van der Waals surface area (Å²) in [6.45, 7) is 0.126. The lowest BCUT2D eigenvalue weighted by atomic mass is 10.1. The molecule has 0 saturated carbocycles. The van der Waals surface area contributed by atoms with Crippen molar-refractivity contribution in [1.29, 1.82) is 0 Å². The minimum atomic E-state index is -0.539. The summed E-state index contributed by atoms with van der Waals surface area (Å²) in [6, 6.07) is 20.9. The molecule has 0 spiro atoms. The van der Waals surface area contributed by atoms with Crippen LogP contribution in [0.5, 0.6) is 17.2 Å². The Kier molecular flexibility index (Phi) is 4.72. The van der Waals surface area contributed by atoms with E-state index in [0.29, 0.717) is 34.0 Å². The molecule has 0 saturated heterocycles. The Labute approximate surface area is 177 Å². The number of fused-ring (bicyclic) bond motifs is 2. The molecule has 1 aliphatic heterocycles. The van der Waals surface area contributed by atoms with Crippen LogP contribution in [0.25, 0.3) is 17.0 Å². The summed E-state index contributed by atoms with van der Waals surface area (Å²) >= 11 is 0. The van der Waals surface area contributed by atoms with E-state index in [0.717, 1.165) is 5.39 Å². The molecule has 5 rings (SSSR count). The summed E-state index contributed by atoms with van der Waals surface area (Å²) in [4.78, 5) is 25.1. The van der Waals surface area contributed by atoms with Crippen LogP contribution in [0.15, 0.2) is 83.3 Å². The third-order valence-corrected chi connectivity index (χ3v) is 4.81. The molecule has 3 aromatic carbocycles. The molecule has 0 aliphatic carbocycles. The largest absolute Gasteiger partial charge is 0.454 e. The van der Waals surface area contributed by atoms with Gasteiger partial charge in [-0.15, -0.1) is 0 Å². The maximum absolute atomic E-state index is 12.6. The third kappa shape index (κ3) is 3.79. The first kappa shape index (κ1) is 18.7. The van der Waals surface area contributed by atoms with Gasteiger partial charge in [-0.05, 0) is 48.6 Å². The second kappa shape index (κ2) is 7.84. The fourth-order valence-electron chi connectivity index (χ4n) is 3.24. The molecule has 0 radical (unpaired) electrons. The van der Waals surface area contributed by atoms with Gasteiger partial charge in [-0.25, -0.2) is 4.79 Å². The van der Waals surface area contributed by atoms with Crippen molar-refractivity contribution >= 4 is 28.8 Å². The molecule has 2 heterocycles. The zero-order valence-corrected chi connectivity index (χ0v) is 16.2. The molecular formula is C25H16O6. The molecular weight excluding hydrogens is 396 g/mol. The Morgan fingerprint density at radius 3 is 2.58 bits per heavy atom. The number of allylic oxidation sites excluding steroid dienone is 1. The molecule has 0 unspecified atom stereocenters. The summed E-state index contributed by atoms with van der Waals surface area (Å²) in [5, 5.41) is 0.859. The highest BCUT2D eigenvalue weighted by Gasteiger charge is 2.18. The molecule has 6 nitrogen and oxygen atoms in total. The van der Waals surface area contributed by atoms with E-state index in [2.05, 4.69) is 0 Å². The van der Waals surface area contributed by atoms with E-state index >= 15 is 0 Å². The number of carbonyl (C=O) groups excluding carboxylic acids is 2. The minimum Gasteiger partial charge on any atom is -0.454 e. The lowest BCUT2D eigenvalue weighted by molar-refractivity contribution is 0.0733. The van der Waals surface area contributed by atoms with E-state index in [4.69, 9.17) is 18.6 Å². The first-order valence-electron chi connectivity index (χ1n) is 9.59. The molecule has 4 aromatic rings. The Balaban J connectivity index is 1.35. The maximum atomic E-state index is 12.6. The highest BCUT2D eigenvalue weighted by atomic mass is 16.7. The van der Waals surface area contributed by atoms with Crippen LogP contribution in [-0.4, -0.2) is 18.5 Å². The fourth-order valence-corrected chi connectivity index (χ4v) is 3.24.